The topological polar surface area (TPSA) is 124 Å². The van der Waals surface area contributed by atoms with Crippen LogP contribution < -0.4 is 20.4 Å². The van der Waals surface area contributed by atoms with Crippen LogP contribution >= 0.6 is 0 Å². The zero-order valence-corrected chi connectivity index (χ0v) is 39.6. The fourth-order valence-corrected chi connectivity index (χ4v) is 17.7. The molecule has 12 atom stereocenters. The summed E-state index contributed by atoms with van der Waals surface area (Å²) in [7, 11) is 0. The summed E-state index contributed by atoms with van der Waals surface area (Å²) in [6.07, 6.45) is 22.0. The first-order valence-electron chi connectivity index (χ1n) is 26.9. The van der Waals surface area contributed by atoms with Crippen molar-refractivity contribution in [2.75, 3.05) is 59.8 Å². The molecule has 2 N–H and O–H groups in total. The molecular formula is C56H68N6O6. The van der Waals surface area contributed by atoms with Crippen LogP contribution in [0.25, 0.3) is 0 Å². The number of fused-ring (bicyclic) bond motifs is 4. The fourth-order valence-electron chi connectivity index (χ4n) is 17.7. The first-order valence-corrected chi connectivity index (χ1v) is 26.9. The minimum absolute atomic E-state index is 0.00935. The Morgan fingerprint density at radius 1 is 0.588 bits per heavy atom. The van der Waals surface area contributed by atoms with Gasteiger partial charge in [-0.05, 0) is 111 Å². The number of benzene rings is 2. The Bertz CT molecular complexity index is 2370. The second-order valence-electron chi connectivity index (χ2n) is 23.1. The Balaban J connectivity index is 0.512. The van der Waals surface area contributed by atoms with Crippen molar-refractivity contribution in [1.29, 1.82) is 0 Å². The molecule has 68 heavy (non-hydrogen) atoms. The Hall–Kier alpha value is -4.36. The number of hydrogen-bond acceptors (Lipinski definition) is 8. The van der Waals surface area contributed by atoms with E-state index in [0.29, 0.717) is 74.7 Å². The van der Waals surface area contributed by atoms with Gasteiger partial charge in [0, 0.05) is 83.4 Å². The summed E-state index contributed by atoms with van der Waals surface area (Å²) in [5.74, 6) is 2.20. The lowest BCUT2D eigenvalue weighted by Crippen LogP contribution is -2.69. The van der Waals surface area contributed by atoms with Crippen LogP contribution in [0, 0.1) is 23.7 Å². The molecular weight excluding hydrogens is 853 g/mol. The number of carbonyl (C=O) groups excluding carboxylic acids is 4. The maximum Gasteiger partial charge on any atom is 0.229 e. The number of ether oxygens (including phenoxy) is 2. The van der Waals surface area contributed by atoms with Gasteiger partial charge in [-0.3, -0.25) is 29.0 Å². The second-order valence-corrected chi connectivity index (χ2v) is 23.1. The van der Waals surface area contributed by atoms with Gasteiger partial charge in [-0.2, -0.15) is 0 Å². The molecule has 358 valence electrons. The molecule has 0 radical (unpaired) electrons. The number of nitrogens with zero attached hydrogens (tertiary/aromatic N) is 4. The summed E-state index contributed by atoms with van der Waals surface area (Å²) in [5.41, 5.74) is 9.27. The molecule has 14 rings (SSSR count). The van der Waals surface area contributed by atoms with E-state index in [1.165, 1.54) is 48.0 Å². The van der Waals surface area contributed by atoms with Crippen LogP contribution in [0.5, 0.6) is 0 Å². The molecule has 6 saturated heterocycles. The summed E-state index contributed by atoms with van der Waals surface area (Å²) < 4.78 is 12.8. The number of anilines is 4. The first-order chi connectivity index (χ1) is 33.3. The van der Waals surface area contributed by atoms with Crippen molar-refractivity contribution in [2.24, 2.45) is 23.7 Å². The second kappa shape index (κ2) is 16.1. The summed E-state index contributed by atoms with van der Waals surface area (Å²) >= 11 is 0. The Morgan fingerprint density at radius 3 is 1.46 bits per heavy atom. The van der Waals surface area contributed by atoms with Crippen LogP contribution in [0.15, 0.2) is 59.7 Å². The van der Waals surface area contributed by atoms with Crippen molar-refractivity contribution in [3.63, 3.8) is 0 Å². The van der Waals surface area contributed by atoms with E-state index < -0.39 is 0 Å². The molecule has 12 aliphatic rings. The molecule has 10 heterocycles. The van der Waals surface area contributed by atoms with Gasteiger partial charge in [0.05, 0.1) is 50.3 Å². The average Bonchev–Trinajstić information content (AvgIpc) is 4.01. The van der Waals surface area contributed by atoms with Crippen molar-refractivity contribution in [3.05, 3.63) is 70.8 Å². The zero-order valence-electron chi connectivity index (χ0n) is 39.6. The minimum Gasteiger partial charge on any atom is -0.373 e. The highest BCUT2D eigenvalue weighted by Gasteiger charge is 2.73. The standard InChI is InChI=1S/C56H68N6O6/c63-47(57-35-13-15-41-39(25-35)55-19-21-59-31-33-17-23-67-43-29-49(65)61(41)53(55)51(43)37(33)27-45(55)59)11-9-7-5-3-1-2-4-6-8-10-12-48(64)58-36-14-16-42-40(26-36)56-20-22-60-32-34-18-24-68-44-30-50(66)62(42)54(56)52(44)38(34)28-46(56)60/h13-18,25-26,37-38,43-46,51-54H,1-12,19-24,27-32H2,(H,57,63)(H,58,64)/t37-,38-,43-,44-,45-,46-,51-,52-,53-,54-,55+,56+/m0/s1. The number of nitrogens with one attached hydrogen (secondary N) is 2. The Kier molecular flexibility index (Phi) is 10.1. The Labute approximate surface area is 400 Å². The van der Waals surface area contributed by atoms with Crippen molar-refractivity contribution in [2.45, 2.75) is 163 Å². The van der Waals surface area contributed by atoms with Crippen molar-refractivity contribution in [1.82, 2.24) is 9.80 Å². The third-order valence-electron chi connectivity index (χ3n) is 20.2. The van der Waals surface area contributed by atoms with Crippen molar-refractivity contribution in [3.8, 4) is 0 Å². The molecule has 2 aromatic carbocycles. The number of carbonyl (C=O) groups is 4. The molecule has 8 fully saturated rings. The lowest BCUT2D eigenvalue weighted by atomic mass is 9.53. The summed E-state index contributed by atoms with van der Waals surface area (Å²) in [4.78, 5) is 63.8. The van der Waals surface area contributed by atoms with E-state index in [1.807, 2.05) is 12.1 Å². The Morgan fingerprint density at radius 2 is 1.01 bits per heavy atom. The van der Waals surface area contributed by atoms with E-state index in [0.717, 1.165) is 113 Å². The number of unbranched alkanes of at least 4 members (excludes halogenated alkanes) is 9. The smallest absolute Gasteiger partial charge is 0.229 e. The largest absolute Gasteiger partial charge is 0.373 e. The van der Waals surface area contributed by atoms with Gasteiger partial charge in [0.15, 0.2) is 0 Å². The van der Waals surface area contributed by atoms with Crippen molar-refractivity contribution < 1.29 is 28.7 Å². The van der Waals surface area contributed by atoms with Crippen LogP contribution in [0.1, 0.15) is 127 Å². The van der Waals surface area contributed by atoms with E-state index in [4.69, 9.17) is 9.47 Å². The van der Waals surface area contributed by atoms with Gasteiger partial charge in [-0.1, -0.05) is 74.7 Å². The monoisotopic (exact) mass is 921 g/mol. The zero-order chi connectivity index (χ0) is 45.5. The highest BCUT2D eigenvalue weighted by Crippen LogP contribution is 2.68. The molecule has 0 unspecified atom stereocenters. The van der Waals surface area contributed by atoms with Gasteiger partial charge in [-0.15, -0.1) is 0 Å². The molecule has 0 aromatic heterocycles. The van der Waals surface area contributed by atoms with Gasteiger partial charge < -0.3 is 29.9 Å². The van der Waals surface area contributed by atoms with E-state index in [1.54, 1.807) is 0 Å². The number of amides is 4. The van der Waals surface area contributed by atoms with Gasteiger partial charge in [0.1, 0.15) is 0 Å². The van der Waals surface area contributed by atoms with Crippen LogP contribution in [0.3, 0.4) is 0 Å². The van der Waals surface area contributed by atoms with E-state index in [9.17, 15) is 19.2 Å². The van der Waals surface area contributed by atoms with E-state index in [-0.39, 0.29) is 58.8 Å². The van der Waals surface area contributed by atoms with E-state index in [2.05, 4.69) is 66.7 Å². The lowest BCUT2D eigenvalue weighted by molar-refractivity contribution is -0.133. The minimum atomic E-state index is -0.0962. The third kappa shape index (κ3) is 6.11. The van der Waals surface area contributed by atoms with Crippen LogP contribution in [-0.4, -0.2) is 109 Å². The van der Waals surface area contributed by atoms with Crippen LogP contribution in [0.2, 0.25) is 0 Å². The molecule has 2 saturated carbocycles. The van der Waals surface area contributed by atoms with Gasteiger partial charge >= 0.3 is 0 Å². The molecule has 12 heteroatoms. The molecule has 4 bridgehead atoms. The maximum atomic E-state index is 13.8. The molecule has 12 nitrogen and oxygen atoms in total. The average molecular weight is 921 g/mol. The summed E-state index contributed by atoms with van der Waals surface area (Å²) in [5, 5.41) is 6.50. The summed E-state index contributed by atoms with van der Waals surface area (Å²) in [6, 6.07) is 13.8. The number of rotatable bonds is 15. The predicted octanol–water partition coefficient (Wildman–Crippen LogP) is 7.76. The molecule has 2 aliphatic carbocycles. The molecule has 10 aliphatic heterocycles. The predicted molar refractivity (Wildman–Crippen MR) is 259 cm³/mol. The molecule has 2 spiro atoms. The molecule has 2 aromatic rings. The highest BCUT2D eigenvalue weighted by atomic mass is 16.5. The van der Waals surface area contributed by atoms with Crippen LogP contribution in [0.4, 0.5) is 22.7 Å². The number of hydrogen-bond donors (Lipinski definition) is 2. The van der Waals surface area contributed by atoms with Gasteiger partial charge in [0.25, 0.3) is 0 Å². The lowest BCUT2D eigenvalue weighted by Gasteiger charge is -2.58. The fraction of sp³-hybridized carbons (Fsp3) is 0.643. The van der Waals surface area contributed by atoms with Crippen LogP contribution in [-0.2, 0) is 39.5 Å². The SMILES string of the molecule is O=C(CCCCCCCCCCCCC(=O)Nc1ccc2c(c1)[C@@]13CCN4CC5=CCO[C@H]6CC(=O)N2[C@H]1[C@H]6[C@H]5C[C@H]43)Nc1ccc2c(c1)[C@@]13CCN4CC5=CCO[C@H]6CC(=O)N2[C@H]1[C@H]6[C@H]5C[C@H]43. The van der Waals surface area contributed by atoms with Gasteiger partial charge in [-0.25, -0.2) is 0 Å². The normalized spacial score (nSPS) is 37.0. The number of piperidine rings is 4. The quantitative estimate of drug-likeness (QED) is 0.137. The maximum absolute atomic E-state index is 13.8. The third-order valence-corrected chi connectivity index (χ3v) is 20.2. The molecule has 4 amide bonds. The summed E-state index contributed by atoms with van der Waals surface area (Å²) in [6.45, 7) is 5.41. The first kappa shape index (κ1) is 42.5. The van der Waals surface area contributed by atoms with Crippen molar-refractivity contribution >= 4 is 46.4 Å². The van der Waals surface area contributed by atoms with E-state index >= 15 is 0 Å². The van der Waals surface area contributed by atoms with Gasteiger partial charge in [0.2, 0.25) is 23.6 Å². The highest BCUT2D eigenvalue weighted by molar-refractivity contribution is 6.01.